The molecule has 0 aliphatic rings. The third-order valence-corrected chi connectivity index (χ3v) is 11.3. The summed E-state index contributed by atoms with van der Waals surface area (Å²) in [4.78, 5) is 2.40. The van der Waals surface area contributed by atoms with Gasteiger partial charge in [-0.25, -0.2) is 0 Å². The first-order chi connectivity index (χ1) is 29.2. The summed E-state index contributed by atoms with van der Waals surface area (Å²) < 4.78 is 0. The number of anilines is 3. The van der Waals surface area contributed by atoms with Crippen molar-refractivity contribution in [2.45, 2.75) is 0 Å². The average Bonchev–Trinajstić information content (AvgIpc) is 3.33. The van der Waals surface area contributed by atoms with E-state index in [2.05, 4.69) is 254 Å². The third kappa shape index (κ3) is 7.34. The molecule has 0 atom stereocenters. The highest BCUT2D eigenvalue weighted by Gasteiger charge is 2.18. The van der Waals surface area contributed by atoms with Crippen LogP contribution in [0, 0.1) is 0 Å². The molecule has 0 amide bonds. The number of rotatable bonds is 9. The van der Waals surface area contributed by atoms with Crippen LogP contribution in [0.3, 0.4) is 0 Å². The first-order valence-electron chi connectivity index (χ1n) is 20.2. The minimum atomic E-state index is 1.09. The largest absolute Gasteiger partial charge is 0.310 e. The fourth-order valence-electron chi connectivity index (χ4n) is 8.30. The summed E-state index contributed by atoms with van der Waals surface area (Å²) in [5.74, 6) is 0. The van der Waals surface area contributed by atoms with Gasteiger partial charge in [-0.3, -0.25) is 0 Å². The Labute approximate surface area is 346 Å². The molecule has 0 saturated carbocycles. The van der Waals surface area contributed by atoms with Gasteiger partial charge in [-0.1, -0.05) is 200 Å². The molecule has 0 aliphatic carbocycles. The smallest absolute Gasteiger partial charge is 0.0540 e. The van der Waals surface area contributed by atoms with Crippen LogP contribution in [0.2, 0.25) is 0 Å². The highest BCUT2D eigenvalue weighted by molar-refractivity contribution is 5.98. The molecule has 0 bridgehead atoms. The Morgan fingerprint density at radius 2 is 0.576 bits per heavy atom. The standard InChI is InChI=1S/C58H41N/c1-3-15-42(16-4-1)47-21-11-23-49(39-47)44-31-35-53(36-32-44)59(54-37-33-45(34-38-54)50-24-12-22-48(40-50)43-17-5-2-6-18-43)58-30-10-9-28-57(58)52-26-13-25-51(41-52)56-29-14-20-46-19-7-8-27-55(46)56/h1-41H. The molecular weight excluding hydrogens is 711 g/mol. The molecule has 0 N–H and O–H groups in total. The van der Waals surface area contributed by atoms with Gasteiger partial charge in [-0.05, 0) is 121 Å². The summed E-state index contributed by atoms with van der Waals surface area (Å²) in [6.45, 7) is 0. The molecule has 0 saturated heterocycles. The van der Waals surface area contributed by atoms with Crippen molar-refractivity contribution in [3.05, 3.63) is 249 Å². The van der Waals surface area contributed by atoms with Crippen molar-refractivity contribution in [2.24, 2.45) is 0 Å². The minimum Gasteiger partial charge on any atom is -0.310 e. The zero-order chi connectivity index (χ0) is 39.4. The molecule has 278 valence electrons. The maximum Gasteiger partial charge on any atom is 0.0540 e. The molecule has 0 heterocycles. The van der Waals surface area contributed by atoms with Crippen molar-refractivity contribution in [3.63, 3.8) is 0 Å². The second-order valence-corrected chi connectivity index (χ2v) is 14.9. The third-order valence-electron chi connectivity index (χ3n) is 11.3. The van der Waals surface area contributed by atoms with E-state index >= 15 is 0 Å². The second-order valence-electron chi connectivity index (χ2n) is 14.9. The monoisotopic (exact) mass is 751 g/mol. The van der Waals surface area contributed by atoms with E-state index in [9.17, 15) is 0 Å². The summed E-state index contributed by atoms with van der Waals surface area (Å²) in [6.07, 6.45) is 0. The molecule has 10 aromatic rings. The second kappa shape index (κ2) is 16.0. The van der Waals surface area contributed by atoms with E-state index in [-0.39, 0.29) is 0 Å². The van der Waals surface area contributed by atoms with E-state index in [0.29, 0.717) is 0 Å². The van der Waals surface area contributed by atoms with Gasteiger partial charge in [0, 0.05) is 16.9 Å². The molecule has 10 aromatic carbocycles. The van der Waals surface area contributed by atoms with Gasteiger partial charge in [0.25, 0.3) is 0 Å². The number of nitrogens with zero attached hydrogens (tertiary/aromatic N) is 1. The summed E-state index contributed by atoms with van der Waals surface area (Å²) in [7, 11) is 0. The predicted molar refractivity (Wildman–Crippen MR) is 251 cm³/mol. The molecule has 0 unspecified atom stereocenters. The number of hydrogen-bond donors (Lipinski definition) is 0. The molecule has 0 aliphatic heterocycles. The van der Waals surface area contributed by atoms with Gasteiger partial charge in [0.05, 0.1) is 5.69 Å². The van der Waals surface area contributed by atoms with Crippen LogP contribution >= 0.6 is 0 Å². The zero-order valence-electron chi connectivity index (χ0n) is 32.6. The SMILES string of the molecule is c1ccc(-c2cccc(-c3ccc(N(c4ccc(-c5cccc(-c6ccccc6)c5)cc4)c4ccccc4-c4cccc(-c5cccc6ccccc56)c4)cc3)c2)cc1. The van der Waals surface area contributed by atoms with Crippen LogP contribution in [0.5, 0.6) is 0 Å². The van der Waals surface area contributed by atoms with E-state index in [1.54, 1.807) is 0 Å². The molecule has 59 heavy (non-hydrogen) atoms. The maximum absolute atomic E-state index is 2.40. The lowest BCUT2D eigenvalue weighted by atomic mass is 9.94. The Morgan fingerprint density at radius 3 is 1.14 bits per heavy atom. The van der Waals surface area contributed by atoms with E-state index in [1.807, 2.05) is 0 Å². The average molecular weight is 752 g/mol. The molecular formula is C58H41N. The van der Waals surface area contributed by atoms with Crippen LogP contribution in [0.25, 0.3) is 77.5 Å². The summed E-state index contributed by atoms with van der Waals surface area (Å²) in [5.41, 5.74) is 17.6. The van der Waals surface area contributed by atoms with Crippen molar-refractivity contribution < 1.29 is 0 Å². The van der Waals surface area contributed by atoms with Gasteiger partial charge >= 0.3 is 0 Å². The quantitative estimate of drug-likeness (QED) is 0.142. The van der Waals surface area contributed by atoms with E-state index < -0.39 is 0 Å². The molecule has 0 spiro atoms. The molecule has 1 nitrogen and oxygen atoms in total. The Hall–Kier alpha value is -7.74. The highest BCUT2D eigenvalue weighted by atomic mass is 15.1. The lowest BCUT2D eigenvalue weighted by Crippen LogP contribution is -2.11. The lowest BCUT2D eigenvalue weighted by Gasteiger charge is -2.28. The molecule has 0 aromatic heterocycles. The first kappa shape index (κ1) is 35.7. The van der Waals surface area contributed by atoms with Crippen molar-refractivity contribution >= 4 is 27.8 Å². The van der Waals surface area contributed by atoms with Crippen molar-refractivity contribution in [2.75, 3.05) is 4.90 Å². The minimum absolute atomic E-state index is 1.09. The molecule has 10 rings (SSSR count). The first-order valence-corrected chi connectivity index (χ1v) is 20.2. The van der Waals surface area contributed by atoms with Crippen LogP contribution < -0.4 is 4.90 Å². The number of benzene rings is 10. The summed E-state index contributed by atoms with van der Waals surface area (Å²) in [6, 6.07) is 89.8. The lowest BCUT2D eigenvalue weighted by molar-refractivity contribution is 1.28. The summed E-state index contributed by atoms with van der Waals surface area (Å²) in [5, 5.41) is 2.50. The van der Waals surface area contributed by atoms with Gasteiger partial charge in [0.15, 0.2) is 0 Å². The Morgan fingerprint density at radius 1 is 0.220 bits per heavy atom. The van der Waals surface area contributed by atoms with Gasteiger partial charge in [-0.2, -0.15) is 0 Å². The van der Waals surface area contributed by atoms with Crippen molar-refractivity contribution in [1.82, 2.24) is 0 Å². The van der Waals surface area contributed by atoms with Crippen molar-refractivity contribution in [1.29, 1.82) is 0 Å². The van der Waals surface area contributed by atoms with Crippen molar-refractivity contribution in [3.8, 4) is 66.8 Å². The van der Waals surface area contributed by atoms with E-state index in [4.69, 9.17) is 0 Å². The van der Waals surface area contributed by atoms with E-state index in [0.717, 1.165) is 22.6 Å². The topological polar surface area (TPSA) is 3.24 Å². The van der Waals surface area contributed by atoms with Crippen LogP contribution in [-0.4, -0.2) is 0 Å². The van der Waals surface area contributed by atoms with E-state index in [1.165, 1.54) is 72.0 Å². The number of para-hydroxylation sites is 1. The van der Waals surface area contributed by atoms with Crippen LogP contribution in [-0.2, 0) is 0 Å². The van der Waals surface area contributed by atoms with Gasteiger partial charge in [-0.15, -0.1) is 0 Å². The molecule has 1 heteroatoms. The number of fused-ring (bicyclic) bond motifs is 1. The maximum atomic E-state index is 2.40. The van der Waals surface area contributed by atoms with Crippen LogP contribution in [0.4, 0.5) is 17.1 Å². The fourth-order valence-corrected chi connectivity index (χ4v) is 8.30. The normalized spacial score (nSPS) is 11.1. The van der Waals surface area contributed by atoms with Gasteiger partial charge in [0.1, 0.15) is 0 Å². The Kier molecular flexibility index (Phi) is 9.68. The zero-order valence-corrected chi connectivity index (χ0v) is 32.6. The van der Waals surface area contributed by atoms with Gasteiger partial charge in [0.2, 0.25) is 0 Å². The Balaban J connectivity index is 1.06. The highest BCUT2D eigenvalue weighted by Crippen LogP contribution is 2.43. The van der Waals surface area contributed by atoms with Crippen LogP contribution in [0.1, 0.15) is 0 Å². The summed E-state index contributed by atoms with van der Waals surface area (Å²) >= 11 is 0. The Bertz CT molecular complexity index is 2890. The molecule has 0 radical (unpaired) electrons. The number of hydrogen-bond acceptors (Lipinski definition) is 1. The van der Waals surface area contributed by atoms with Crippen LogP contribution in [0.15, 0.2) is 249 Å². The predicted octanol–water partition coefficient (Wildman–Crippen LogP) is 16.3. The van der Waals surface area contributed by atoms with Gasteiger partial charge < -0.3 is 4.90 Å². The molecule has 0 fully saturated rings. The fraction of sp³-hybridized carbons (Fsp3) is 0.